The lowest BCUT2D eigenvalue weighted by Crippen LogP contribution is -2.45. The molecular weight excluding hydrogens is 272 g/mol. The summed E-state index contributed by atoms with van der Waals surface area (Å²) in [5.74, 6) is 0.313. The molecule has 0 aromatic heterocycles. The highest BCUT2D eigenvalue weighted by Gasteiger charge is 2.16. The first-order valence-electron chi connectivity index (χ1n) is 7.37. The molecule has 7 heteroatoms. The van der Waals surface area contributed by atoms with E-state index in [1.807, 2.05) is 20.8 Å². The maximum atomic E-state index is 11.6. The first-order chi connectivity index (χ1) is 9.90. The fourth-order valence-corrected chi connectivity index (χ4v) is 1.91. The number of nitrogens with one attached hydrogen (secondary N) is 2. The van der Waals surface area contributed by atoms with Crippen molar-refractivity contribution in [3.05, 3.63) is 0 Å². The minimum atomic E-state index is -0.466. The van der Waals surface area contributed by atoms with Gasteiger partial charge in [-0.1, -0.05) is 0 Å². The summed E-state index contributed by atoms with van der Waals surface area (Å²) in [5.41, 5.74) is -0.466. The monoisotopic (exact) mass is 300 g/mol. The fourth-order valence-electron chi connectivity index (χ4n) is 1.91. The molecule has 122 valence electrons. The van der Waals surface area contributed by atoms with Crippen LogP contribution in [0.25, 0.3) is 0 Å². The van der Waals surface area contributed by atoms with Gasteiger partial charge in [-0.05, 0) is 20.8 Å². The van der Waals surface area contributed by atoms with Gasteiger partial charge in [-0.25, -0.2) is 0 Å². The Bertz CT molecular complexity index is 347. The van der Waals surface area contributed by atoms with Crippen LogP contribution >= 0.6 is 0 Å². The molecular formula is C14H28N4O3. The number of ether oxygens (including phenoxy) is 2. The zero-order valence-electron chi connectivity index (χ0n) is 13.6. The zero-order valence-corrected chi connectivity index (χ0v) is 13.6. The second kappa shape index (κ2) is 8.84. The Morgan fingerprint density at radius 1 is 1.29 bits per heavy atom. The molecule has 1 saturated heterocycles. The summed E-state index contributed by atoms with van der Waals surface area (Å²) >= 11 is 0. The number of nitrogens with zero attached hydrogens (tertiary/aromatic N) is 2. The molecule has 0 aromatic carbocycles. The van der Waals surface area contributed by atoms with E-state index in [-0.39, 0.29) is 12.5 Å². The van der Waals surface area contributed by atoms with Crippen molar-refractivity contribution in [2.24, 2.45) is 4.99 Å². The average Bonchev–Trinajstić information content (AvgIpc) is 2.42. The molecule has 0 radical (unpaired) electrons. The molecule has 0 amide bonds. The number of hydrogen-bond donors (Lipinski definition) is 2. The summed E-state index contributed by atoms with van der Waals surface area (Å²) < 4.78 is 10.5. The van der Waals surface area contributed by atoms with Gasteiger partial charge < -0.3 is 20.1 Å². The third-order valence-corrected chi connectivity index (χ3v) is 2.87. The predicted molar refractivity (Wildman–Crippen MR) is 82.5 cm³/mol. The van der Waals surface area contributed by atoms with Crippen LogP contribution in [0.4, 0.5) is 0 Å². The van der Waals surface area contributed by atoms with Gasteiger partial charge in [0.1, 0.15) is 12.1 Å². The van der Waals surface area contributed by atoms with Crippen LogP contribution in [-0.4, -0.2) is 75.4 Å². The van der Waals surface area contributed by atoms with Gasteiger partial charge in [0.05, 0.1) is 13.2 Å². The summed E-state index contributed by atoms with van der Waals surface area (Å²) in [4.78, 5) is 18.0. The summed E-state index contributed by atoms with van der Waals surface area (Å²) in [6.07, 6.45) is 0. The van der Waals surface area contributed by atoms with E-state index < -0.39 is 5.60 Å². The highest BCUT2D eigenvalue weighted by atomic mass is 16.6. The first-order valence-corrected chi connectivity index (χ1v) is 7.37. The number of esters is 1. The SMILES string of the molecule is CN=C(NCCN1CCOCC1)NCC(=O)OC(C)(C)C. The number of morpholine rings is 1. The number of aliphatic imine (C=N–C) groups is 1. The molecule has 1 heterocycles. The van der Waals surface area contributed by atoms with Crippen LogP contribution in [0.15, 0.2) is 4.99 Å². The molecule has 0 spiro atoms. The van der Waals surface area contributed by atoms with E-state index in [4.69, 9.17) is 9.47 Å². The number of carbonyl (C=O) groups excluding carboxylic acids is 1. The molecule has 0 aliphatic carbocycles. The average molecular weight is 300 g/mol. The number of rotatable bonds is 5. The van der Waals surface area contributed by atoms with Gasteiger partial charge in [0.25, 0.3) is 0 Å². The molecule has 0 aromatic rings. The van der Waals surface area contributed by atoms with Crippen molar-refractivity contribution < 1.29 is 14.3 Å². The van der Waals surface area contributed by atoms with E-state index in [2.05, 4.69) is 20.5 Å². The van der Waals surface area contributed by atoms with E-state index in [9.17, 15) is 4.79 Å². The van der Waals surface area contributed by atoms with Crippen LogP contribution in [0.5, 0.6) is 0 Å². The minimum absolute atomic E-state index is 0.106. The van der Waals surface area contributed by atoms with Gasteiger partial charge in [-0.15, -0.1) is 0 Å². The summed E-state index contributed by atoms with van der Waals surface area (Å²) in [6, 6.07) is 0. The summed E-state index contributed by atoms with van der Waals surface area (Å²) in [7, 11) is 1.68. The lowest BCUT2D eigenvalue weighted by molar-refractivity contribution is -0.153. The minimum Gasteiger partial charge on any atom is -0.459 e. The first kappa shape index (κ1) is 17.7. The maximum absolute atomic E-state index is 11.6. The van der Waals surface area contributed by atoms with Crippen molar-refractivity contribution in [1.29, 1.82) is 0 Å². The van der Waals surface area contributed by atoms with Crippen LogP contribution in [-0.2, 0) is 14.3 Å². The number of guanidine groups is 1. The number of carbonyl (C=O) groups is 1. The molecule has 0 atom stereocenters. The van der Waals surface area contributed by atoms with Crippen LogP contribution in [0.1, 0.15) is 20.8 Å². The Kier molecular flexibility index (Phi) is 7.45. The van der Waals surface area contributed by atoms with Gasteiger partial charge >= 0.3 is 5.97 Å². The standard InChI is InChI=1S/C14H28N4O3/c1-14(2,3)21-12(19)11-17-13(15-4)16-5-6-18-7-9-20-10-8-18/h5-11H2,1-4H3,(H2,15,16,17). The fraction of sp³-hybridized carbons (Fsp3) is 0.857. The normalized spacial score (nSPS) is 17.4. The quantitative estimate of drug-likeness (QED) is 0.417. The van der Waals surface area contributed by atoms with Gasteiger partial charge in [-0.3, -0.25) is 14.7 Å². The Morgan fingerprint density at radius 3 is 2.52 bits per heavy atom. The third kappa shape index (κ3) is 8.52. The Hall–Kier alpha value is -1.34. The molecule has 21 heavy (non-hydrogen) atoms. The lowest BCUT2D eigenvalue weighted by Gasteiger charge is -2.26. The van der Waals surface area contributed by atoms with Crippen molar-refractivity contribution >= 4 is 11.9 Å². The maximum Gasteiger partial charge on any atom is 0.325 e. The van der Waals surface area contributed by atoms with Crippen molar-refractivity contribution in [2.45, 2.75) is 26.4 Å². The van der Waals surface area contributed by atoms with Crippen LogP contribution in [0, 0.1) is 0 Å². The lowest BCUT2D eigenvalue weighted by atomic mass is 10.2. The highest BCUT2D eigenvalue weighted by Crippen LogP contribution is 2.06. The molecule has 2 N–H and O–H groups in total. The van der Waals surface area contributed by atoms with Crippen molar-refractivity contribution in [3.8, 4) is 0 Å². The van der Waals surface area contributed by atoms with Crippen molar-refractivity contribution in [2.75, 3.05) is 53.0 Å². The van der Waals surface area contributed by atoms with Gasteiger partial charge in [0.15, 0.2) is 5.96 Å². The van der Waals surface area contributed by atoms with Crippen LogP contribution in [0.2, 0.25) is 0 Å². The predicted octanol–water partition coefficient (Wildman–Crippen LogP) is -0.175. The second-order valence-corrected chi connectivity index (χ2v) is 5.89. The second-order valence-electron chi connectivity index (χ2n) is 5.89. The zero-order chi connectivity index (χ0) is 15.7. The molecule has 1 fully saturated rings. The molecule has 7 nitrogen and oxygen atoms in total. The summed E-state index contributed by atoms with van der Waals surface area (Å²) in [6.45, 7) is 10.9. The van der Waals surface area contributed by atoms with E-state index >= 15 is 0 Å². The number of hydrogen-bond acceptors (Lipinski definition) is 5. The Balaban J connectivity index is 2.18. The van der Waals surface area contributed by atoms with Gasteiger partial charge in [0, 0.05) is 33.2 Å². The van der Waals surface area contributed by atoms with Crippen LogP contribution in [0.3, 0.4) is 0 Å². The summed E-state index contributed by atoms with van der Waals surface area (Å²) in [5, 5.41) is 6.13. The molecule has 0 unspecified atom stereocenters. The van der Waals surface area contributed by atoms with E-state index in [1.165, 1.54) is 0 Å². The van der Waals surface area contributed by atoms with E-state index in [0.29, 0.717) is 5.96 Å². The largest absolute Gasteiger partial charge is 0.459 e. The molecule has 1 aliphatic heterocycles. The molecule has 1 rings (SSSR count). The van der Waals surface area contributed by atoms with E-state index in [1.54, 1.807) is 7.05 Å². The van der Waals surface area contributed by atoms with Crippen LogP contribution < -0.4 is 10.6 Å². The van der Waals surface area contributed by atoms with Crippen molar-refractivity contribution in [1.82, 2.24) is 15.5 Å². The van der Waals surface area contributed by atoms with Crippen molar-refractivity contribution in [3.63, 3.8) is 0 Å². The van der Waals surface area contributed by atoms with Gasteiger partial charge in [-0.2, -0.15) is 0 Å². The third-order valence-electron chi connectivity index (χ3n) is 2.87. The van der Waals surface area contributed by atoms with Gasteiger partial charge in [0.2, 0.25) is 0 Å². The van der Waals surface area contributed by atoms with E-state index in [0.717, 1.165) is 39.4 Å². The highest BCUT2D eigenvalue weighted by molar-refractivity contribution is 5.84. The molecule has 1 aliphatic rings. The Labute approximate surface area is 127 Å². The molecule has 0 saturated carbocycles. The Morgan fingerprint density at radius 2 is 1.95 bits per heavy atom. The topological polar surface area (TPSA) is 75.2 Å². The smallest absolute Gasteiger partial charge is 0.325 e. The molecule has 0 bridgehead atoms.